The van der Waals surface area contributed by atoms with Gasteiger partial charge in [-0.25, -0.2) is 9.37 Å². The number of nitro benzene ring substituents is 1. The lowest BCUT2D eigenvalue weighted by Gasteiger charge is -2.06. The fraction of sp³-hybridized carbons (Fsp3) is 0.250. The molecule has 1 aromatic carbocycles. The van der Waals surface area contributed by atoms with Crippen LogP contribution in [0.4, 0.5) is 15.8 Å². The molecule has 0 amide bonds. The first-order valence-electron chi connectivity index (χ1n) is 5.58. The number of anilines is 1. The molecule has 1 aromatic heterocycles. The van der Waals surface area contributed by atoms with Crippen LogP contribution in [0.3, 0.4) is 0 Å². The van der Waals surface area contributed by atoms with E-state index in [0.29, 0.717) is 6.54 Å². The van der Waals surface area contributed by atoms with E-state index >= 15 is 0 Å². The topological polar surface area (TPSA) is 68.1 Å². The third-order valence-corrected chi connectivity index (χ3v) is 3.53. The molecule has 0 fully saturated rings. The summed E-state index contributed by atoms with van der Waals surface area (Å²) < 4.78 is 13.0. The van der Waals surface area contributed by atoms with E-state index in [9.17, 15) is 14.5 Å². The average molecular weight is 281 g/mol. The zero-order valence-corrected chi connectivity index (χ0v) is 11.3. The van der Waals surface area contributed by atoms with Gasteiger partial charge >= 0.3 is 0 Å². The zero-order chi connectivity index (χ0) is 14.0. The highest BCUT2D eigenvalue weighted by Gasteiger charge is 2.15. The molecule has 0 saturated carbocycles. The van der Waals surface area contributed by atoms with Crippen molar-refractivity contribution in [2.75, 3.05) is 5.32 Å². The quantitative estimate of drug-likeness (QED) is 0.688. The molecule has 0 atom stereocenters. The minimum Gasteiger partial charge on any atom is -0.374 e. The first kappa shape index (κ1) is 13.4. The van der Waals surface area contributed by atoms with Gasteiger partial charge in [-0.15, -0.1) is 11.3 Å². The van der Waals surface area contributed by atoms with Crippen molar-refractivity contribution in [1.82, 2.24) is 4.98 Å². The number of benzene rings is 1. The summed E-state index contributed by atoms with van der Waals surface area (Å²) in [4.78, 5) is 15.6. The Labute approximate surface area is 113 Å². The molecule has 2 aromatic rings. The SMILES string of the molecule is Cc1nc(CNc2ccc(F)cc2[N+](=O)[O-])c(C)s1. The average Bonchev–Trinajstić information content (AvgIpc) is 2.66. The zero-order valence-electron chi connectivity index (χ0n) is 10.4. The Hall–Kier alpha value is -2.02. The minimum atomic E-state index is -0.627. The maximum Gasteiger partial charge on any atom is 0.295 e. The van der Waals surface area contributed by atoms with Gasteiger partial charge in [0.1, 0.15) is 11.5 Å². The predicted octanol–water partition coefficient (Wildman–Crippen LogP) is 3.42. The van der Waals surface area contributed by atoms with Crippen molar-refractivity contribution in [3.63, 3.8) is 0 Å². The highest BCUT2D eigenvalue weighted by Crippen LogP contribution is 2.26. The number of nitrogens with zero attached hydrogens (tertiary/aromatic N) is 2. The Morgan fingerprint density at radius 2 is 2.21 bits per heavy atom. The molecular weight excluding hydrogens is 269 g/mol. The Balaban J connectivity index is 2.20. The first-order chi connectivity index (χ1) is 8.97. The van der Waals surface area contributed by atoms with Crippen molar-refractivity contribution in [2.24, 2.45) is 0 Å². The van der Waals surface area contributed by atoms with Crippen LogP contribution in [0.15, 0.2) is 18.2 Å². The molecule has 1 heterocycles. The van der Waals surface area contributed by atoms with E-state index in [1.165, 1.54) is 12.1 Å². The summed E-state index contributed by atoms with van der Waals surface area (Å²) in [5, 5.41) is 14.7. The number of rotatable bonds is 4. The Bertz CT molecular complexity index is 627. The first-order valence-corrected chi connectivity index (χ1v) is 6.39. The lowest BCUT2D eigenvalue weighted by molar-refractivity contribution is -0.384. The molecule has 19 heavy (non-hydrogen) atoms. The number of aromatic nitrogens is 1. The van der Waals surface area contributed by atoms with E-state index < -0.39 is 10.7 Å². The fourth-order valence-electron chi connectivity index (χ4n) is 1.72. The van der Waals surface area contributed by atoms with Crippen LogP contribution in [-0.4, -0.2) is 9.91 Å². The summed E-state index contributed by atoms with van der Waals surface area (Å²) in [6, 6.07) is 3.46. The summed E-state index contributed by atoms with van der Waals surface area (Å²) in [6.07, 6.45) is 0. The molecule has 0 bridgehead atoms. The van der Waals surface area contributed by atoms with Crippen LogP contribution in [0.25, 0.3) is 0 Å². The number of aryl methyl sites for hydroxylation is 2. The monoisotopic (exact) mass is 281 g/mol. The lowest BCUT2D eigenvalue weighted by atomic mass is 10.2. The van der Waals surface area contributed by atoms with Gasteiger partial charge in [-0.3, -0.25) is 10.1 Å². The van der Waals surface area contributed by atoms with Gasteiger partial charge in [-0.1, -0.05) is 0 Å². The van der Waals surface area contributed by atoms with Crippen LogP contribution in [0.1, 0.15) is 15.6 Å². The fourth-order valence-corrected chi connectivity index (χ4v) is 2.55. The van der Waals surface area contributed by atoms with Gasteiger partial charge in [0, 0.05) is 4.88 Å². The molecule has 1 N–H and O–H groups in total. The molecule has 2 rings (SSSR count). The van der Waals surface area contributed by atoms with E-state index in [1.54, 1.807) is 11.3 Å². The third-order valence-electron chi connectivity index (χ3n) is 2.60. The molecule has 0 saturated heterocycles. The largest absolute Gasteiger partial charge is 0.374 e. The van der Waals surface area contributed by atoms with Crippen molar-refractivity contribution < 1.29 is 9.31 Å². The van der Waals surface area contributed by atoms with Crippen LogP contribution in [0.2, 0.25) is 0 Å². The maximum absolute atomic E-state index is 13.0. The molecular formula is C12H12FN3O2S. The number of hydrogen-bond donors (Lipinski definition) is 1. The number of halogens is 1. The van der Waals surface area contributed by atoms with Crippen LogP contribution in [0.5, 0.6) is 0 Å². The molecule has 0 unspecified atom stereocenters. The van der Waals surface area contributed by atoms with E-state index in [4.69, 9.17) is 0 Å². The van der Waals surface area contributed by atoms with Crippen LogP contribution < -0.4 is 5.32 Å². The maximum atomic E-state index is 13.0. The van der Waals surface area contributed by atoms with Gasteiger partial charge in [0.05, 0.1) is 28.2 Å². The summed E-state index contributed by atoms with van der Waals surface area (Å²) in [6.45, 7) is 4.23. The van der Waals surface area contributed by atoms with Gasteiger partial charge in [0.2, 0.25) is 0 Å². The number of nitrogens with one attached hydrogen (secondary N) is 1. The van der Waals surface area contributed by atoms with E-state index in [0.717, 1.165) is 21.6 Å². The van der Waals surface area contributed by atoms with Crippen molar-refractivity contribution >= 4 is 22.7 Å². The van der Waals surface area contributed by atoms with Gasteiger partial charge in [0.25, 0.3) is 5.69 Å². The predicted molar refractivity (Wildman–Crippen MR) is 72.0 cm³/mol. The smallest absolute Gasteiger partial charge is 0.295 e. The normalized spacial score (nSPS) is 10.5. The van der Waals surface area contributed by atoms with Gasteiger partial charge in [-0.05, 0) is 26.0 Å². The van der Waals surface area contributed by atoms with Gasteiger partial charge in [0.15, 0.2) is 0 Å². The van der Waals surface area contributed by atoms with E-state index in [2.05, 4.69) is 10.3 Å². The molecule has 0 aliphatic carbocycles. The van der Waals surface area contributed by atoms with Crippen LogP contribution >= 0.6 is 11.3 Å². The summed E-state index contributed by atoms with van der Waals surface area (Å²) in [5.74, 6) is -0.627. The second kappa shape index (κ2) is 5.31. The van der Waals surface area contributed by atoms with Crippen molar-refractivity contribution in [3.05, 3.63) is 49.7 Å². The van der Waals surface area contributed by atoms with Crippen molar-refractivity contribution in [1.29, 1.82) is 0 Å². The second-order valence-corrected chi connectivity index (χ2v) is 5.42. The van der Waals surface area contributed by atoms with Crippen LogP contribution in [-0.2, 0) is 6.54 Å². The van der Waals surface area contributed by atoms with E-state index in [1.807, 2.05) is 13.8 Å². The third kappa shape index (κ3) is 3.05. The lowest BCUT2D eigenvalue weighted by Crippen LogP contribution is -2.04. The highest BCUT2D eigenvalue weighted by molar-refractivity contribution is 7.11. The molecule has 0 aliphatic heterocycles. The van der Waals surface area contributed by atoms with Gasteiger partial charge < -0.3 is 5.32 Å². The standard InChI is InChI=1S/C12H12FN3O2S/c1-7-11(15-8(2)19-7)6-14-10-4-3-9(13)5-12(10)16(17)18/h3-5,14H,6H2,1-2H3. The highest BCUT2D eigenvalue weighted by atomic mass is 32.1. The van der Waals surface area contributed by atoms with Crippen molar-refractivity contribution in [2.45, 2.75) is 20.4 Å². The number of thiazole rings is 1. The number of hydrogen-bond acceptors (Lipinski definition) is 5. The van der Waals surface area contributed by atoms with E-state index in [-0.39, 0.29) is 11.4 Å². The van der Waals surface area contributed by atoms with Gasteiger partial charge in [-0.2, -0.15) is 0 Å². The summed E-state index contributed by atoms with van der Waals surface area (Å²) in [5.41, 5.74) is 0.863. The Morgan fingerprint density at radius 3 is 2.79 bits per heavy atom. The molecule has 0 aliphatic rings. The second-order valence-electron chi connectivity index (χ2n) is 4.01. The van der Waals surface area contributed by atoms with Crippen molar-refractivity contribution in [3.8, 4) is 0 Å². The summed E-state index contributed by atoms with van der Waals surface area (Å²) in [7, 11) is 0. The minimum absolute atomic E-state index is 0.274. The number of nitro groups is 1. The molecule has 100 valence electrons. The van der Waals surface area contributed by atoms with Crippen LogP contribution in [0, 0.1) is 29.8 Å². The summed E-state index contributed by atoms with van der Waals surface area (Å²) >= 11 is 1.57. The Morgan fingerprint density at radius 1 is 1.47 bits per heavy atom. The molecule has 5 nitrogen and oxygen atoms in total. The Kier molecular flexibility index (Phi) is 3.75. The molecule has 7 heteroatoms. The molecule has 0 spiro atoms. The molecule has 0 radical (unpaired) electrons.